The van der Waals surface area contributed by atoms with Crippen molar-refractivity contribution in [3.8, 4) is 0 Å². The summed E-state index contributed by atoms with van der Waals surface area (Å²) in [7, 11) is 0. The number of aliphatic hydroxyl groups excluding tert-OH is 11. The predicted octanol–water partition coefficient (Wildman–Crippen LogP) is -0.376. The molecule has 0 aromatic rings. The number of ketones is 1. The number of ether oxygens (including phenoxy) is 6. The lowest BCUT2D eigenvalue weighted by molar-refractivity contribution is -0.345. The van der Waals surface area contributed by atoms with Crippen molar-refractivity contribution in [1.82, 2.24) is 0 Å². The molecular formula is C47H78O18. The normalized spacial score (nSPS) is 53.9. The molecule has 0 amide bonds. The van der Waals surface area contributed by atoms with Gasteiger partial charge in [-0.1, -0.05) is 34.6 Å². The lowest BCUT2D eigenvalue weighted by atomic mass is 9.41. The van der Waals surface area contributed by atoms with Gasteiger partial charge in [-0.2, -0.15) is 0 Å². The average Bonchev–Trinajstić information content (AvgIpc) is 3.83. The van der Waals surface area contributed by atoms with Gasteiger partial charge in [0.05, 0.1) is 43.2 Å². The van der Waals surface area contributed by atoms with Crippen molar-refractivity contribution in [2.24, 2.45) is 50.7 Å². The molecule has 18 heteroatoms. The third kappa shape index (κ3) is 7.74. The number of aliphatic hydroxyl groups is 11. The molecule has 18 nitrogen and oxygen atoms in total. The second-order valence-electron chi connectivity index (χ2n) is 23.3. The topological polar surface area (TPSA) is 295 Å². The minimum atomic E-state index is -1.70. The Morgan fingerprint density at radius 2 is 1.38 bits per heavy atom. The van der Waals surface area contributed by atoms with E-state index in [0.717, 1.165) is 25.7 Å². The molecule has 2 spiro atoms. The lowest BCUT2D eigenvalue weighted by Gasteiger charge is -2.63. The first-order valence-corrected chi connectivity index (χ1v) is 24.1. The molecule has 374 valence electrons. The number of Topliss-reactive ketones (excluding diaryl/α,β-unsaturated/α-hetero) is 1. The van der Waals surface area contributed by atoms with Gasteiger partial charge in [-0.25, -0.2) is 0 Å². The van der Waals surface area contributed by atoms with E-state index < -0.39 is 122 Å². The maximum Gasteiger partial charge on any atom is 0.187 e. The summed E-state index contributed by atoms with van der Waals surface area (Å²) in [5.74, 6) is -0.335. The standard InChI is InChI=1S/C47H78O18/c1-20(9-10-28(64-41-37(59)34(56)32(54)25(17-48)62-41)43(5,6)65-39-35(57)31(53)24(51)18-60-39)29-23(50)16-45(8)26-15-22(49)38-42(3,4)27(63-40-36(58)33(55)30(52)21(2)61-40)11-12-47(38)19-46(26,47)14-13-44(29,45)7/h20-21,23-41,48,50-59H,9-19H2,1-8H3/t20-,21+,23+,24-,25-,26+,27+,28-,29+,30+,31+,32-,33-,34+,35-,36-,37-,38+,39+,40+,41+,44-,45+,46+,47-/m1/s1. The Bertz CT molecular complexity index is 1730. The highest BCUT2D eigenvalue weighted by molar-refractivity contribution is 5.86. The first-order chi connectivity index (χ1) is 30.2. The van der Waals surface area contributed by atoms with Gasteiger partial charge in [0.25, 0.3) is 0 Å². The highest BCUT2D eigenvalue weighted by atomic mass is 16.7. The fourth-order valence-corrected chi connectivity index (χ4v) is 15.5. The SMILES string of the molecule is C[C@H](CC[C@@H](O[C@@H]1O[C@H](CO)[C@@H](O)[C@H](O)[C@H]1O)C(C)(C)O[C@@H]1OC[C@@H](O)[C@H](O)[C@H]1O)[C@H]1[C@@H](O)C[C@@]2(C)[C@@H]3CC(=O)[C@H]4C(C)(C)[C@@H](O[C@@H]5O[C@@H](C)[C@H](O)[C@@H](O)[C@H]5O)CC[C@@]45C[C@@]35CC[C@]12C. The summed E-state index contributed by atoms with van der Waals surface area (Å²) in [6.07, 6.45) is -15.9. The van der Waals surface area contributed by atoms with E-state index in [9.17, 15) is 61.0 Å². The van der Waals surface area contributed by atoms with Crippen molar-refractivity contribution < 1.29 is 89.4 Å². The number of carbonyl (C=O) groups is 1. The molecule has 8 rings (SSSR count). The Morgan fingerprint density at radius 3 is 2.06 bits per heavy atom. The highest BCUT2D eigenvalue weighted by Gasteiger charge is 2.84. The zero-order valence-electron chi connectivity index (χ0n) is 39.2. The molecule has 25 atom stereocenters. The monoisotopic (exact) mass is 931 g/mol. The number of carbonyl (C=O) groups excluding carboxylic acids is 1. The van der Waals surface area contributed by atoms with Gasteiger partial charge in [0.2, 0.25) is 0 Å². The molecule has 3 heterocycles. The molecule has 5 aliphatic carbocycles. The zero-order valence-corrected chi connectivity index (χ0v) is 39.2. The van der Waals surface area contributed by atoms with E-state index in [1.807, 2.05) is 0 Å². The number of hydrogen-bond acceptors (Lipinski definition) is 18. The minimum Gasteiger partial charge on any atom is -0.394 e. The van der Waals surface area contributed by atoms with Gasteiger partial charge in [-0.05, 0) is 112 Å². The van der Waals surface area contributed by atoms with Gasteiger partial charge in [0.1, 0.15) is 66.8 Å². The van der Waals surface area contributed by atoms with Crippen LogP contribution in [0.15, 0.2) is 0 Å². The molecule has 3 saturated heterocycles. The molecule has 0 bridgehead atoms. The highest BCUT2D eigenvalue weighted by Crippen LogP contribution is 2.88. The van der Waals surface area contributed by atoms with E-state index >= 15 is 0 Å². The fraction of sp³-hybridized carbons (Fsp3) is 0.979. The van der Waals surface area contributed by atoms with E-state index in [4.69, 9.17) is 28.4 Å². The number of rotatable bonds is 12. The minimum absolute atomic E-state index is 0.0454. The molecule has 5 saturated carbocycles. The molecule has 8 aliphatic rings. The second kappa shape index (κ2) is 17.4. The molecule has 3 aliphatic heterocycles. The van der Waals surface area contributed by atoms with E-state index in [0.29, 0.717) is 25.7 Å². The van der Waals surface area contributed by atoms with E-state index in [-0.39, 0.29) is 64.1 Å². The first kappa shape index (κ1) is 50.4. The second-order valence-corrected chi connectivity index (χ2v) is 23.3. The van der Waals surface area contributed by atoms with Crippen molar-refractivity contribution in [2.75, 3.05) is 13.2 Å². The average molecular weight is 931 g/mol. The van der Waals surface area contributed by atoms with Crippen molar-refractivity contribution >= 4 is 5.78 Å². The van der Waals surface area contributed by atoms with Gasteiger partial charge in [-0.3, -0.25) is 4.79 Å². The maximum absolute atomic E-state index is 14.8. The largest absolute Gasteiger partial charge is 0.394 e. The van der Waals surface area contributed by atoms with Crippen LogP contribution in [0.5, 0.6) is 0 Å². The number of fused-ring (bicyclic) bond motifs is 2. The van der Waals surface area contributed by atoms with E-state index in [1.54, 1.807) is 20.8 Å². The van der Waals surface area contributed by atoms with E-state index in [1.165, 1.54) is 0 Å². The van der Waals surface area contributed by atoms with Gasteiger partial charge >= 0.3 is 0 Å². The Kier molecular flexibility index (Phi) is 13.5. The number of hydrogen-bond donors (Lipinski definition) is 11. The van der Waals surface area contributed by atoms with Gasteiger partial charge in [-0.15, -0.1) is 0 Å². The third-order valence-corrected chi connectivity index (χ3v) is 19.2. The van der Waals surface area contributed by atoms with Crippen molar-refractivity contribution in [3.63, 3.8) is 0 Å². The molecule has 8 fully saturated rings. The Labute approximate surface area is 381 Å². The lowest BCUT2D eigenvalue weighted by Crippen LogP contribution is -2.62. The molecule has 0 aromatic carbocycles. The molecule has 0 radical (unpaired) electrons. The fourth-order valence-electron chi connectivity index (χ4n) is 15.5. The van der Waals surface area contributed by atoms with Crippen molar-refractivity contribution in [3.05, 3.63) is 0 Å². The van der Waals surface area contributed by atoms with Gasteiger partial charge < -0.3 is 84.6 Å². The summed E-state index contributed by atoms with van der Waals surface area (Å²) in [4.78, 5) is 14.8. The first-order valence-electron chi connectivity index (χ1n) is 24.1. The smallest absolute Gasteiger partial charge is 0.187 e. The summed E-state index contributed by atoms with van der Waals surface area (Å²) < 4.78 is 36.3. The van der Waals surface area contributed by atoms with Crippen LogP contribution in [0, 0.1) is 50.7 Å². The molecule has 11 N–H and O–H groups in total. The molecular weight excluding hydrogens is 852 g/mol. The summed E-state index contributed by atoms with van der Waals surface area (Å²) in [6.45, 7) is 14.8. The van der Waals surface area contributed by atoms with Crippen LogP contribution in [0.1, 0.15) is 113 Å². The van der Waals surface area contributed by atoms with Crippen LogP contribution in [-0.2, 0) is 33.2 Å². The van der Waals surface area contributed by atoms with Crippen LogP contribution in [-0.4, -0.2) is 185 Å². The Hall–Kier alpha value is -1.01. The van der Waals surface area contributed by atoms with E-state index in [2.05, 4.69) is 34.6 Å². The van der Waals surface area contributed by atoms with Crippen LogP contribution in [0.3, 0.4) is 0 Å². The van der Waals surface area contributed by atoms with Crippen LogP contribution >= 0.6 is 0 Å². The molecule has 0 unspecified atom stereocenters. The Balaban J connectivity index is 0.998. The predicted molar refractivity (Wildman–Crippen MR) is 226 cm³/mol. The van der Waals surface area contributed by atoms with Gasteiger partial charge in [0.15, 0.2) is 18.9 Å². The molecule has 0 aromatic heterocycles. The van der Waals surface area contributed by atoms with Crippen molar-refractivity contribution in [2.45, 2.75) is 223 Å². The summed E-state index contributed by atoms with van der Waals surface area (Å²) >= 11 is 0. The molecule has 65 heavy (non-hydrogen) atoms. The van der Waals surface area contributed by atoms with Gasteiger partial charge in [0, 0.05) is 17.8 Å². The van der Waals surface area contributed by atoms with Crippen molar-refractivity contribution in [1.29, 1.82) is 0 Å². The Morgan fingerprint density at radius 1 is 0.738 bits per heavy atom. The van der Waals surface area contributed by atoms with Crippen LogP contribution < -0.4 is 0 Å². The zero-order chi connectivity index (χ0) is 47.7. The van der Waals surface area contributed by atoms with Crippen LogP contribution in [0.2, 0.25) is 0 Å². The maximum atomic E-state index is 14.8. The third-order valence-electron chi connectivity index (χ3n) is 19.2. The summed E-state index contributed by atoms with van der Waals surface area (Å²) in [6, 6.07) is 0. The van der Waals surface area contributed by atoms with Crippen LogP contribution in [0.4, 0.5) is 0 Å². The quantitative estimate of drug-likeness (QED) is 0.111. The van der Waals surface area contributed by atoms with Crippen LogP contribution in [0.25, 0.3) is 0 Å². The summed E-state index contributed by atoms with van der Waals surface area (Å²) in [5.41, 5.74) is -3.00. The summed E-state index contributed by atoms with van der Waals surface area (Å²) in [5, 5.41) is 117.